The van der Waals surface area contributed by atoms with Crippen molar-refractivity contribution in [3.05, 3.63) is 28.8 Å². The van der Waals surface area contributed by atoms with Gasteiger partial charge < -0.3 is 20.1 Å². The second-order valence-corrected chi connectivity index (χ2v) is 4.96. The normalized spacial score (nSPS) is 10.0. The van der Waals surface area contributed by atoms with Crippen molar-refractivity contribution < 1.29 is 24.2 Å². The molecule has 0 saturated heterocycles. The summed E-state index contributed by atoms with van der Waals surface area (Å²) in [7, 11) is 3.04. The van der Waals surface area contributed by atoms with Gasteiger partial charge >= 0.3 is 5.97 Å². The molecule has 7 heteroatoms. The maximum atomic E-state index is 12.3. The van der Waals surface area contributed by atoms with Gasteiger partial charge in [0.05, 0.1) is 6.54 Å². The average molecular weight is 308 g/mol. The molecule has 0 bridgehead atoms. The van der Waals surface area contributed by atoms with E-state index in [0.29, 0.717) is 22.4 Å². The van der Waals surface area contributed by atoms with Gasteiger partial charge in [-0.05, 0) is 37.1 Å². The largest absolute Gasteiger partial charge is 0.481 e. The van der Waals surface area contributed by atoms with Gasteiger partial charge in [0.15, 0.2) is 6.61 Å². The molecule has 0 fully saturated rings. The molecule has 0 spiro atoms. The maximum absolute atomic E-state index is 12.3. The monoisotopic (exact) mass is 308 g/mol. The highest BCUT2D eigenvalue weighted by Crippen LogP contribution is 2.25. The zero-order chi connectivity index (χ0) is 16.9. The van der Waals surface area contributed by atoms with Crippen LogP contribution in [0.2, 0.25) is 0 Å². The van der Waals surface area contributed by atoms with Crippen molar-refractivity contribution in [2.75, 3.05) is 27.2 Å². The van der Waals surface area contributed by atoms with Crippen LogP contribution in [0.5, 0.6) is 5.75 Å². The summed E-state index contributed by atoms with van der Waals surface area (Å²) in [5.41, 5.74) is 1.75. The Morgan fingerprint density at radius 2 is 1.77 bits per heavy atom. The van der Waals surface area contributed by atoms with Crippen molar-refractivity contribution in [3.63, 3.8) is 0 Å². The van der Waals surface area contributed by atoms with Crippen molar-refractivity contribution >= 4 is 17.8 Å². The lowest BCUT2D eigenvalue weighted by atomic mass is 10.0. The van der Waals surface area contributed by atoms with Gasteiger partial charge in [-0.1, -0.05) is 0 Å². The van der Waals surface area contributed by atoms with E-state index < -0.39 is 12.6 Å². The number of hydrogen-bond donors (Lipinski definition) is 2. The number of nitrogens with zero attached hydrogens (tertiary/aromatic N) is 1. The molecule has 0 atom stereocenters. The van der Waals surface area contributed by atoms with Crippen LogP contribution in [0, 0.1) is 13.8 Å². The highest BCUT2D eigenvalue weighted by Gasteiger charge is 2.17. The topological polar surface area (TPSA) is 95.9 Å². The predicted molar refractivity (Wildman–Crippen MR) is 80.1 cm³/mol. The van der Waals surface area contributed by atoms with Gasteiger partial charge in [0.1, 0.15) is 5.75 Å². The molecule has 22 heavy (non-hydrogen) atoms. The first-order valence-electron chi connectivity index (χ1n) is 6.68. The number of aryl methyl sites for hydroxylation is 2. The van der Waals surface area contributed by atoms with E-state index in [1.54, 1.807) is 26.0 Å². The van der Waals surface area contributed by atoms with Crippen LogP contribution in [0.4, 0.5) is 0 Å². The quantitative estimate of drug-likeness (QED) is 0.801. The molecule has 0 heterocycles. The number of carboxylic acids is 1. The fourth-order valence-electron chi connectivity index (χ4n) is 2.02. The molecule has 2 N–H and O–H groups in total. The number of nitrogens with one attached hydrogen (secondary N) is 1. The van der Waals surface area contributed by atoms with Crippen LogP contribution < -0.4 is 10.1 Å². The molecule has 0 aromatic heterocycles. The molecule has 1 aromatic rings. The van der Waals surface area contributed by atoms with Crippen molar-refractivity contribution in [1.82, 2.24) is 10.2 Å². The molecule has 0 aliphatic rings. The van der Waals surface area contributed by atoms with E-state index in [1.807, 2.05) is 0 Å². The van der Waals surface area contributed by atoms with Gasteiger partial charge in [0.25, 0.3) is 5.91 Å². The minimum atomic E-state index is -1.07. The summed E-state index contributed by atoms with van der Waals surface area (Å²) >= 11 is 0. The van der Waals surface area contributed by atoms with E-state index >= 15 is 0 Å². The van der Waals surface area contributed by atoms with Crippen molar-refractivity contribution in [2.45, 2.75) is 13.8 Å². The number of carboxylic acid groups (broad SMARTS) is 1. The van der Waals surface area contributed by atoms with Gasteiger partial charge in [0.2, 0.25) is 5.91 Å². The third kappa shape index (κ3) is 4.47. The number of aliphatic carboxylic acids is 1. The zero-order valence-corrected chi connectivity index (χ0v) is 13.1. The molecular formula is C15H20N2O5. The highest BCUT2D eigenvalue weighted by molar-refractivity contribution is 5.96. The first-order chi connectivity index (χ1) is 10.3. The molecule has 2 amide bonds. The molecule has 0 aliphatic heterocycles. The fraction of sp³-hybridized carbons (Fsp3) is 0.400. The van der Waals surface area contributed by atoms with Crippen LogP contribution in [-0.4, -0.2) is 55.0 Å². The number of likely N-dealkylation sites (N-methyl/N-ethyl adjacent to an activating group) is 2. The van der Waals surface area contributed by atoms with E-state index in [9.17, 15) is 14.4 Å². The molecule has 7 nitrogen and oxygen atoms in total. The van der Waals surface area contributed by atoms with Crippen LogP contribution in [0.25, 0.3) is 0 Å². The molecule has 1 rings (SSSR count). The molecule has 0 unspecified atom stereocenters. The fourth-order valence-corrected chi connectivity index (χ4v) is 2.02. The number of benzene rings is 1. The third-order valence-electron chi connectivity index (χ3n) is 3.05. The number of ether oxygens (including phenoxy) is 1. The predicted octanol–water partition coefficient (Wildman–Crippen LogP) is 0.585. The lowest BCUT2D eigenvalue weighted by Crippen LogP contribution is -2.36. The second kappa shape index (κ2) is 7.44. The Morgan fingerprint density at radius 1 is 1.23 bits per heavy atom. The minimum absolute atomic E-state index is 0.0370. The smallest absolute Gasteiger partial charge is 0.341 e. The Hall–Kier alpha value is -2.57. The van der Waals surface area contributed by atoms with Crippen LogP contribution in [0.3, 0.4) is 0 Å². The summed E-state index contributed by atoms with van der Waals surface area (Å²) in [6.07, 6.45) is 0. The Morgan fingerprint density at radius 3 is 2.23 bits per heavy atom. The molecule has 1 aromatic carbocycles. The first kappa shape index (κ1) is 17.5. The minimum Gasteiger partial charge on any atom is -0.481 e. The summed E-state index contributed by atoms with van der Waals surface area (Å²) in [4.78, 5) is 35.5. The summed E-state index contributed by atoms with van der Waals surface area (Å²) in [5.74, 6) is -1.16. The molecule has 0 radical (unpaired) electrons. The number of carbonyl (C=O) groups is 3. The second-order valence-electron chi connectivity index (χ2n) is 4.96. The maximum Gasteiger partial charge on any atom is 0.341 e. The highest BCUT2D eigenvalue weighted by atomic mass is 16.5. The van der Waals surface area contributed by atoms with E-state index in [-0.39, 0.29) is 18.4 Å². The molecule has 120 valence electrons. The van der Waals surface area contributed by atoms with Gasteiger partial charge in [-0.2, -0.15) is 0 Å². The number of rotatable bonds is 6. The Bertz CT molecular complexity index is 575. The van der Waals surface area contributed by atoms with Crippen molar-refractivity contribution in [2.24, 2.45) is 0 Å². The van der Waals surface area contributed by atoms with E-state index in [1.165, 1.54) is 19.0 Å². The molecule has 0 aliphatic carbocycles. The first-order valence-corrected chi connectivity index (χ1v) is 6.68. The van der Waals surface area contributed by atoms with E-state index in [2.05, 4.69) is 5.32 Å². The summed E-state index contributed by atoms with van der Waals surface area (Å²) < 4.78 is 5.22. The standard InChI is InChI=1S/C15H20N2O5/c1-9-5-11(15(21)17(4)7-12(18)16-3)6-10(2)14(9)22-8-13(19)20/h5-6H,7-8H2,1-4H3,(H,16,18)(H,19,20). The van der Waals surface area contributed by atoms with Crippen LogP contribution in [0.15, 0.2) is 12.1 Å². The van der Waals surface area contributed by atoms with Crippen LogP contribution in [-0.2, 0) is 9.59 Å². The van der Waals surface area contributed by atoms with Crippen LogP contribution in [0.1, 0.15) is 21.5 Å². The van der Waals surface area contributed by atoms with Gasteiger partial charge in [-0.15, -0.1) is 0 Å². The Labute approximate surface area is 128 Å². The number of carbonyl (C=O) groups excluding carboxylic acids is 2. The van der Waals surface area contributed by atoms with Gasteiger partial charge in [-0.25, -0.2) is 4.79 Å². The van der Waals surface area contributed by atoms with Gasteiger partial charge in [-0.3, -0.25) is 9.59 Å². The van der Waals surface area contributed by atoms with Crippen molar-refractivity contribution in [1.29, 1.82) is 0 Å². The third-order valence-corrected chi connectivity index (χ3v) is 3.05. The Balaban J connectivity index is 2.95. The molecular weight excluding hydrogens is 288 g/mol. The lowest BCUT2D eigenvalue weighted by molar-refractivity contribution is -0.139. The SMILES string of the molecule is CNC(=O)CN(C)C(=O)c1cc(C)c(OCC(=O)O)c(C)c1. The van der Waals surface area contributed by atoms with Gasteiger partial charge in [0, 0.05) is 19.7 Å². The number of amides is 2. The van der Waals surface area contributed by atoms with E-state index in [0.717, 1.165) is 0 Å². The lowest BCUT2D eigenvalue weighted by Gasteiger charge is -2.18. The Kier molecular flexibility index (Phi) is 5.91. The summed E-state index contributed by atoms with van der Waals surface area (Å²) in [6, 6.07) is 3.24. The van der Waals surface area contributed by atoms with Crippen molar-refractivity contribution in [3.8, 4) is 5.75 Å². The summed E-state index contributed by atoms with van der Waals surface area (Å²) in [5, 5.41) is 11.1. The molecule has 0 saturated carbocycles. The summed E-state index contributed by atoms with van der Waals surface area (Å²) in [6.45, 7) is 3.00. The number of hydrogen-bond acceptors (Lipinski definition) is 4. The van der Waals surface area contributed by atoms with Crippen LogP contribution >= 0.6 is 0 Å². The average Bonchev–Trinajstić information content (AvgIpc) is 2.44. The van der Waals surface area contributed by atoms with E-state index in [4.69, 9.17) is 9.84 Å². The zero-order valence-electron chi connectivity index (χ0n) is 13.1.